The van der Waals surface area contributed by atoms with Gasteiger partial charge >= 0.3 is 0 Å². The van der Waals surface area contributed by atoms with Crippen LogP contribution >= 0.6 is 0 Å². The fraction of sp³-hybridized carbons (Fsp3) is 0.385. The number of pyridine rings is 1. The number of piperidine rings is 1. The molecule has 0 spiro atoms. The first-order valence-corrected chi connectivity index (χ1v) is 11.2. The first kappa shape index (κ1) is 19.8. The standard InChI is InChI=1S/C26H29N5/c1-17(2)24-21-14-19(18-9-12-31(13-10-18)16-27-3)7-8-23(21)29-25(24)22-15-30(4)26-20(22)6-5-11-28-26/h5-8,11,14-15,17-18,29H,9-10,12-13,16H2,1-2,4H3. The number of benzene rings is 1. The second-order valence-electron chi connectivity index (χ2n) is 9.09. The largest absolute Gasteiger partial charge is 0.354 e. The molecule has 5 heteroatoms. The maximum atomic E-state index is 7.11. The van der Waals surface area contributed by atoms with Crippen molar-refractivity contribution in [3.05, 3.63) is 65.3 Å². The van der Waals surface area contributed by atoms with Gasteiger partial charge in [-0.3, -0.25) is 4.85 Å². The lowest BCUT2D eigenvalue weighted by atomic mass is 9.87. The van der Waals surface area contributed by atoms with Gasteiger partial charge in [-0.05, 0) is 60.1 Å². The summed E-state index contributed by atoms with van der Waals surface area (Å²) in [5, 5.41) is 2.53. The van der Waals surface area contributed by atoms with Gasteiger partial charge in [0, 0.05) is 54.4 Å². The zero-order chi connectivity index (χ0) is 21.5. The van der Waals surface area contributed by atoms with Crippen molar-refractivity contribution in [2.24, 2.45) is 7.05 Å². The molecule has 5 rings (SSSR count). The van der Waals surface area contributed by atoms with E-state index in [0.717, 1.165) is 31.6 Å². The van der Waals surface area contributed by atoms with E-state index < -0.39 is 0 Å². The van der Waals surface area contributed by atoms with Gasteiger partial charge < -0.3 is 9.55 Å². The van der Waals surface area contributed by atoms with Crippen molar-refractivity contribution in [2.45, 2.75) is 38.5 Å². The van der Waals surface area contributed by atoms with E-state index in [1.165, 1.54) is 38.7 Å². The molecule has 0 aliphatic carbocycles. The van der Waals surface area contributed by atoms with Gasteiger partial charge in [0.05, 0.1) is 5.69 Å². The summed E-state index contributed by atoms with van der Waals surface area (Å²) in [7, 11) is 2.06. The maximum Gasteiger partial charge on any atom is 0.270 e. The van der Waals surface area contributed by atoms with Crippen LogP contribution in [0.1, 0.15) is 49.7 Å². The molecule has 1 aromatic carbocycles. The minimum Gasteiger partial charge on any atom is -0.354 e. The zero-order valence-electron chi connectivity index (χ0n) is 18.5. The topological polar surface area (TPSA) is 41.2 Å². The predicted octanol–water partition coefficient (Wildman–Crippen LogP) is 5.90. The Morgan fingerprint density at radius 1 is 1.19 bits per heavy atom. The molecule has 1 aliphatic heterocycles. The summed E-state index contributed by atoms with van der Waals surface area (Å²) < 4.78 is 2.11. The molecule has 158 valence electrons. The molecule has 0 amide bonds. The van der Waals surface area contributed by atoms with Gasteiger partial charge in [-0.25, -0.2) is 16.5 Å². The Balaban J connectivity index is 1.58. The highest BCUT2D eigenvalue weighted by Gasteiger charge is 2.24. The average Bonchev–Trinajstić information content (AvgIpc) is 3.32. The van der Waals surface area contributed by atoms with Gasteiger partial charge in [-0.15, -0.1) is 0 Å². The van der Waals surface area contributed by atoms with Crippen molar-refractivity contribution in [3.63, 3.8) is 0 Å². The molecule has 31 heavy (non-hydrogen) atoms. The van der Waals surface area contributed by atoms with Crippen molar-refractivity contribution < 1.29 is 0 Å². The first-order valence-electron chi connectivity index (χ1n) is 11.2. The number of nitrogens with zero attached hydrogens (tertiary/aromatic N) is 4. The molecule has 1 N–H and O–H groups in total. The summed E-state index contributed by atoms with van der Waals surface area (Å²) in [5.74, 6) is 0.984. The van der Waals surface area contributed by atoms with Crippen molar-refractivity contribution in [3.8, 4) is 11.3 Å². The number of likely N-dealkylation sites (tertiary alicyclic amines) is 1. The summed E-state index contributed by atoms with van der Waals surface area (Å²) >= 11 is 0. The molecule has 0 saturated carbocycles. The van der Waals surface area contributed by atoms with Crippen LogP contribution in [-0.2, 0) is 7.05 Å². The third kappa shape index (κ3) is 3.41. The summed E-state index contributed by atoms with van der Waals surface area (Å²) in [5.41, 5.74) is 7.47. The number of nitrogens with one attached hydrogen (secondary N) is 1. The van der Waals surface area contributed by atoms with Gasteiger partial charge in [0.2, 0.25) is 0 Å². The van der Waals surface area contributed by atoms with E-state index in [9.17, 15) is 0 Å². The summed E-state index contributed by atoms with van der Waals surface area (Å²) in [6, 6.07) is 11.2. The van der Waals surface area contributed by atoms with Crippen LogP contribution in [0.25, 0.3) is 38.0 Å². The molecule has 0 unspecified atom stereocenters. The third-order valence-corrected chi connectivity index (χ3v) is 6.77. The highest BCUT2D eigenvalue weighted by Crippen LogP contribution is 2.40. The van der Waals surface area contributed by atoms with E-state index in [4.69, 9.17) is 6.57 Å². The fourth-order valence-corrected chi connectivity index (χ4v) is 5.22. The molecular formula is C26H29N5. The van der Waals surface area contributed by atoms with Crippen molar-refractivity contribution in [2.75, 3.05) is 19.8 Å². The Morgan fingerprint density at radius 3 is 2.74 bits per heavy atom. The smallest absolute Gasteiger partial charge is 0.270 e. The highest BCUT2D eigenvalue weighted by molar-refractivity contribution is 5.99. The van der Waals surface area contributed by atoms with Crippen LogP contribution in [0.3, 0.4) is 0 Å². The minimum atomic E-state index is 0.409. The van der Waals surface area contributed by atoms with Crippen LogP contribution in [0.4, 0.5) is 0 Å². The normalized spacial score (nSPS) is 15.8. The minimum absolute atomic E-state index is 0.409. The molecule has 4 heterocycles. The number of aryl methyl sites for hydroxylation is 1. The van der Waals surface area contributed by atoms with Crippen LogP contribution in [0.2, 0.25) is 0 Å². The number of hydrogen-bond acceptors (Lipinski definition) is 2. The van der Waals surface area contributed by atoms with Gasteiger partial charge in [0.1, 0.15) is 5.65 Å². The van der Waals surface area contributed by atoms with Crippen LogP contribution < -0.4 is 0 Å². The summed E-state index contributed by atoms with van der Waals surface area (Å²) in [4.78, 5) is 14.1. The number of hydrogen-bond donors (Lipinski definition) is 1. The maximum absolute atomic E-state index is 7.11. The lowest BCUT2D eigenvalue weighted by Crippen LogP contribution is -2.32. The van der Waals surface area contributed by atoms with Gasteiger partial charge in [-0.1, -0.05) is 19.9 Å². The van der Waals surface area contributed by atoms with E-state index in [-0.39, 0.29) is 0 Å². The van der Waals surface area contributed by atoms with Crippen LogP contribution in [-0.4, -0.2) is 39.2 Å². The number of aromatic nitrogens is 3. The number of H-pyrrole nitrogens is 1. The Labute approximate surface area is 183 Å². The first-order chi connectivity index (χ1) is 15.1. The molecule has 1 aliphatic rings. The number of rotatable bonds is 4. The van der Waals surface area contributed by atoms with Crippen molar-refractivity contribution >= 4 is 21.9 Å². The van der Waals surface area contributed by atoms with E-state index in [1.54, 1.807) is 0 Å². The highest BCUT2D eigenvalue weighted by atomic mass is 15.2. The monoisotopic (exact) mass is 411 g/mol. The molecule has 0 atom stereocenters. The molecule has 4 aromatic rings. The quantitative estimate of drug-likeness (QED) is 0.425. The Bertz CT molecular complexity index is 1280. The average molecular weight is 412 g/mol. The van der Waals surface area contributed by atoms with Crippen LogP contribution in [0, 0.1) is 6.57 Å². The molecule has 1 saturated heterocycles. The van der Waals surface area contributed by atoms with Gasteiger partial charge in [-0.2, -0.15) is 0 Å². The van der Waals surface area contributed by atoms with E-state index in [0.29, 0.717) is 18.5 Å². The molecule has 3 aromatic heterocycles. The van der Waals surface area contributed by atoms with Crippen molar-refractivity contribution in [1.82, 2.24) is 19.4 Å². The molecular weight excluding hydrogens is 382 g/mol. The third-order valence-electron chi connectivity index (χ3n) is 6.77. The second kappa shape index (κ2) is 7.86. The van der Waals surface area contributed by atoms with E-state index in [2.05, 4.69) is 75.6 Å². The lowest BCUT2D eigenvalue weighted by molar-refractivity contribution is 0.232. The lowest BCUT2D eigenvalue weighted by Gasteiger charge is -2.28. The molecule has 5 nitrogen and oxygen atoms in total. The van der Waals surface area contributed by atoms with Crippen LogP contribution in [0.15, 0.2) is 42.7 Å². The SMILES string of the molecule is [C-]#[N+]CN1CCC(c2ccc3[nH]c(-c4cn(C)c5ncccc45)c(C(C)C)c3c2)CC1. The van der Waals surface area contributed by atoms with Crippen LogP contribution in [0.5, 0.6) is 0 Å². The predicted molar refractivity (Wildman–Crippen MR) is 127 cm³/mol. The molecule has 0 radical (unpaired) electrons. The zero-order valence-corrected chi connectivity index (χ0v) is 18.5. The van der Waals surface area contributed by atoms with Gasteiger partial charge in [0.25, 0.3) is 6.67 Å². The van der Waals surface area contributed by atoms with E-state index in [1.807, 2.05) is 12.3 Å². The Morgan fingerprint density at radius 2 is 2.00 bits per heavy atom. The molecule has 1 fully saturated rings. The Kier molecular flexibility index (Phi) is 5.03. The number of fused-ring (bicyclic) bond motifs is 2. The Hall–Kier alpha value is -3.10. The van der Waals surface area contributed by atoms with Gasteiger partial charge in [0.15, 0.2) is 0 Å². The number of aromatic amines is 1. The van der Waals surface area contributed by atoms with E-state index >= 15 is 0 Å². The second-order valence-corrected chi connectivity index (χ2v) is 9.09. The fourth-order valence-electron chi connectivity index (χ4n) is 5.22. The van der Waals surface area contributed by atoms with Crippen molar-refractivity contribution in [1.29, 1.82) is 0 Å². The molecule has 0 bridgehead atoms. The summed E-state index contributed by atoms with van der Waals surface area (Å²) in [6.07, 6.45) is 6.31. The summed E-state index contributed by atoms with van der Waals surface area (Å²) in [6.45, 7) is 14.2.